The highest BCUT2D eigenvalue weighted by molar-refractivity contribution is 5.76. The largest absolute Gasteiger partial charge is 0.466 e. The third kappa shape index (κ3) is 64.8. The van der Waals surface area contributed by atoms with Crippen LogP contribution in [-0.2, 0) is 14.3 Å². The minimum Gasteiger partial charge on any atom is -0.466 e. The van der Waals surface area contributed by atoms with Crippen molar-refractivity contribution in [3.05, 3.63) is 48.6 Å². The van der Waals surface area contributed by atoms with Gasteiger partial charge in [0.25, 0.3) is 0 Å². The lowest BCUT2D eigenvalue weighted by atomic mass is 10.0. The molecule has 0 spiro atoms. The molecule has 0 aromatic rings. The van der Waals surface area contributed by atoms with Gasteiger partial charge in [-0.15, -0.1) is 0 Å². The zero-order chi connectivity index (χ0) is 57.1. The summed E-state index contributed by atoms with van der Waals surface area (Å²) in [6.45, 7) is 4.89. The SMILES string of the molecule is CCCCCCCCC/C=C\CCCCCCCCCC(=O)OCCCCC/C=C\C=C/CCCCCCCCCCCCC(=O)NC(CO)C(O)/C=C/CCCCCCCCCCCCCCCCCCCCCCCCC. The molecule has 79 heavy (non-hydrogen) atoms. The predicted molar refractivity (Wildman–Crippen MR) is 347 cm³/mol. The van der Waals surface area contributed by atoms with Crippen LogP contribution in [0.25, 0.3) is 0 Å². The van der Waals surface area contributed by atoms with Crippen molar-refractivity contribution in [1.29, 1.82) is 0 Å². The van der Waals surface area contributed by atoms with E-state index in [1.165, 1.54) is 276 Å². The first-order valence-corrected chi connectivity index (χ1v) is 35.4. The molecule has 0 aliphatic heterocycles. The van der Waals surface area contributed by atoms with Crippen LogP contribution in [0.4, 0.5) is 0 Å². The normalized spacial score (nSPS) is 12.8. The van der Waals surface area contributed by atoms with E-state index < -0.39 is 12.1 Å². The van der Waals surface area contributed by atoms with Crippen molar-refractivity contribution in [3.63, 3.8) is 0 Å². The van der Waals surface area contributed by atoms with E-state index in [1.54, 1.807) is 6.08 Å². The zero-order valence-electron chi connectivity index (χ0n) is 53.1. The van der Waals surface area contributed by atoms with E-state index >= 15 is 0 Å². The molecule has 0 saturated heterocycles. The molecule has 0 rings (SSSR count). The van der Waals surface area contributed by atoms with E-state index in [2.05, 4.69) is 55.6 Å². The highest BCUT2D eigenvalue weighted by atomic mass is 16.5. The summed E-state index contributed by atoms with van der Waals surface area (Å²) in [5.41, 5.74) is 0. The van der Waals surface area contributed by atoms with E-state index in [0.717, 1.165) is 77.0 Å². The van der Waals surface area contributed by atoms with Crippen molar-refractivity contribution in [2.45, 2.75) is 392 Å². The fourth-order valence-corrected chi connectivity index (χ4v) is 10.9. The molecule has 3 N–H and O–H groups in total. The number of rotatable bonds is 66. The van der Waals surface area contributed by atoms with Gasteiger partial charge in [-0.2, -0.15) is 0 Å². The lowest BCUT2D eigenvalue weighted by Crippen LogP contribution is -2.45. The smallest absolute Gasteiger partial charge is 0.305 e. The van der Waals surface area contributed by atoms with E-state index in [9.17, 15) is 19.8 Å². The van der Waals surface area contributed by atoms with E-state index in [4.69, 9.17) is 4.74 Å². The van der Waals surface area contributed by atoms with Crippen molar-refractivity contribution >= 4 is 11.9 Å². The molecular formula is C73H137NO5. The second-order valence-electron chi connectivity index (χ2n) is 24.2. The van der Waals surface area contributed by atoms with Crippen molar-refractivity contribution < 1.29 is 24.5 Å². The average molecular weight is 1110 g/mol. The van der Waals surface area contributed by atoms with Gasteiger partial charge in [-0.3, -0.25) is 9.59 Å². The molecule has 0 aliphatic carbocycles. The number of hydrogen-bond acceptors (Lipinski definition) is 5. The van der Waals surface area contributed by atoms with Crippen LogP contribution in [0.15, 0.2) is 48.6 Å². The van der Waals surface area contributed by atoms with Crippen molar-refractivity contribution in [3.8, 4) is 0 Å². The van der Waals surface area contributed by atoms with Gasteiger partial charge in [-0.25, -0.2) is 0 Å². The average Bonchev–Trinajstić information content (AvgIpc) is 3.45. The van der Waals surface area contributed by atoms with E-state index in [-0.39, 0.29) is 18.5 Å². The first kappa shape index (κ1) is 76.8. The first-order valence-electron chi connectivity index (χ1n) is 35.4. The number of carbonyl (C=O) groups excluding carboxylic acids is 2. The Morgan fingerprint density at radius 3 is 0.975 bits per heavy atom. The van der Waals surface area contributed by atoms with Gasteiger partial charge in [-0.1, -0.05) is 326 Å². The maximum Gasteiger partial charge on any atom is 0.305 e. The van der Waals surface area contributed by atoms with E-state index in [0.29, 0.717) is 19.4 Å². The van der Waals surface area contributed by atoms with Crippen LogP contribution in [-0.4, -0.2) is 47.4 Å². The van der Waals surface area contributed by atoms with Gasteiger partial charge in [0.1, 0.15) is 0 Å². The minimum atomic E-state index is -0.854. The zero-order valence-corrected chi connectivity index (χ0v) is 53.1. The van der Waals surface area contributed by atoms with Crippen molar-refractivity contribution in [2.24, 2.45) is 0 Å². The third-order valence-corrected chi connectivity index (χ3v) is 16.3. The van der Waals surface area contributed by atoms with E-state index in [1.807, 2.05) is 6.08 Å². The first-order chi connectivity index (χ1) is 39.0. The number of nitrogens with one attached hydrogen (secondary N) is 1. The standard InChI is InChI=1S/C73H137NO5/c1-3-5-7-9-11-13-15-17-19-21-23-24-25-26-27-28-30-33-37-41-45-49-53-57-61-65-71(76)70(69-75)74-72(77)66-62-58-54-50-46-42-38-34-31-29-32-36-40-44-48-52-56-60-64-68-79-73(78)67-63-59-55-51-47-43-39-35-22-20-18-16-14-12-10-8-6-4-2/h20,22,36,40,44,48,61,65,70-71,75-76H,3-19,21,23-35,37-39,41-43,45-47,49-60,62-64,66-69H2,1-2H3,(H,74,77)/b22-20-,40-36-,48-44-,65-61+. The molecule has 1 amide bonds. The summed E-state index contributed by atoms with van der Waals surface area (Å²) >= 11 is 0. The minimum absolute atomic E-state index is 0.0165. The molecule has 0 saturated carbocycles. The van der Waals surface area contributed by atoms with Crippen LogP contribution in [0.5, 0.6) is 0 Å². The Morgan fingerprint density at radius 2 is 0.633 bits per heavy atom. The van der Waals surface area contributed by atoms with Gasteiger partial charge in [-0.05, 0) is 89.9 Å². The third-order valence-electron chi connectivity index (χ3n) is 16.3. The highest BCUT2D eigenvalue weighted by Gasteiger charge is 2.18. The summed E-state index contributed by atoms with van der Waals surface area (Å²) in [6, 6.07) is -0.638. The summed E-state index contributed by atoms with van der Waals surface area (Å²) < 4.78 is 5.47. The Labute approximate surface area is 493 Å². The highest BCUT2D eigenvalue weighted by Crippen LogP contribution is 2.18. The second-order valence-corrected chi connectivity index (χ2v) is 24.2. The lowest BCUT2D eigenvalue weighted by Gasteiger charge is -2.20. The predicted octanol–water partition coefficient (Wildman–Crippen LogP) is 22.9. The summed E-state index contributed by atoms with van der Waals surface area (Å²) in [4.78, 5) is 24.6. The summed E-state index contributed by atoms with van der Waals surface area (Å²) in [6.07, 6.45) is 89.0. The van der Waals surface area contributed by atoms with Crippen LogP contribution >= 0.6 is 0 Å². The number of aliphatic hydroxyl groups is 2. The Bertz CT molecular complexity index is 1320. The molecule has 0 aromatic carbocycles. The maximum absolute atomic E-state index is 12.5. The van der Waals surface area contributed by atoms with Crippen LogP contribution in [0.1, 0.15) is 380 Å². The van der Waals surface area contributed by atoms with Gasteiger partial charge < -0.3 is 20.3 Å². The molecule has 0 aromatic heterocycles. The van der Waals surface area contributed by atoms with Gasteiger partial charge in [0.2, 0.25) is 5.91 Å². The molecule has 6 nitrogen and oxygen atoms in total. The molecule has 464 valence electrons. The number of carbonyl (C=O) groups is 2. The van der Waals surface area contributed by atoms with Gasteiger partial charge >= 0.3 is 5.97 Å². The number of allylic oxidation sites excluding steroid dienone is 7. The Morgan fingerprint density at radius 1 is 0.354 bits per heavy atom. The number of esters is 1. The number of amides is 1. The Kier molecular flexibility index (Phi) is 66.4. The summed E-state index contributed by atoms with van der Waals surface area (Å²) in [5, 5.41) is 23.3. The second kappa shape index (κ2) is 68.3. The number of ether oxygens (including phenoxy) is 1. The molecule has 0 aliphatic rings. The summed E-state index contributed by atoms with van der Waals surface area (Å²) in [5.74, 6) is -0.0911. The molecule has 2 unspecified atom stereocenters. The topological polar surface area (TPSA) is 95.9 Å². The number of aliphatic hydroxyl groups excluding tert-OH is 2. The monoisotopic (exact) mass is 1110 g/mol. The van der Waals surface area contributed by atoms with Gasteiger partial charge in [0.05, 0.1) is 25.4 Å². The lowest BCUT2D eigenvalue weighted by molar-refractivity contribution is -0.143. The van der Waals surface area contributed by atoms with Crippen LogP contribution in [0.2, 0.25) is 0 Å². The quantitative estimate of drug-likeness (QED) is 0.0244. The van der Waals surface area contributed by atoms with Crippen molar-refractivity contribution in [2.75, 3.05) is 13.2 Å². The maximum atomic E-state index is 12.5. The molecule has 0 heterocycles. The molecule has 6 heteroatoms. The molecule has 0 fully saturated rings. The fraction of sp³-hybridized carbons (Fsp3) is 0.863. The fourth-order valence-electron chi connectivity index (χ4n) is 10.9. The van der Waals surface area contributed by atoms with Crippen LogP contribution in [0.3, 0.4) is 0 Å². The molecular weight excluding hydrogens is 971 g/mol. The molecule has 2 atom stereocenters. The molecule has 0 radical (unpaired) electrons. The number of hydrogen-bond donors (Lipinski definition) is 3. The Balaban J connectivity index is 3.49. The van der Waals surface area contributed by atoms with Crippen molar-refractivity contribution in [1.82, 2.24) is 5.32 Å². The van der Waals surface area contributed by atoms with Crippen LogP contribution in [0, 0.1) is 0 Å². The summed E-state index contributed by atoms with van der Waals surface area (Å²) in [7, 11) is 0. The van der Waals surface area contributed by atoms with Gasteiger partial charge in [0.15, 0.2) is 0 Å². The molecule has 0 bridgehead atoms. The van der Waals surface area contributed by atoms with Gasteiger partial charge in [0, 0.05) is 12.8 Å². The van der Waals surface area contributed by atoms with Crippen LogP contribution < -0.4 is 5.32 Å². The number of unbranched alkanes of at least 4 members (excludes halogenated alkanes) is 50. The Hall–Kier alpha value is -2.18.